The normalized spacial score (nSPS) is 18.6. The predicted octanol–water partition coefficient (Wildman–Crippen LogP) is 6.63. The molecule has 2 aliphatic heterocycles. The fourth-order valence-corrected chi connectivity index (χ4v) is 3.60. The van der Waals surface area contributed by atoms with Crippen LogP contribution >= 0.6 is 0 Å². The van der Waals surface area contributed by atoms with Crippen LogP contribution in [-0.2, 0) is 0 Å². The lowest BCUT2D eigenvalue weighted by atomic mass is 9.83. The fourth-order valence-electron chi connectivity index (χ4n) is 3.60. The van der Waals surface area contributed by atoms with Crippen molar-refractivity contribution in [3.8, 4) is 16.9 Å². The van der Waals surface area contributed by atoms with E-state index in [1.807, 2.05) is 0 Å². The highest BCUT2D eigenvalue weighted by atomic mass is 19.1. The number of hydrogen-bond donors (Lipinski definition) is 1. The average Bonchev–Trinajstić information content (AvgIpc) is 2.61. The first-order chi connectivity index (χ1) is 12.3. The summed E-state index contributed by atoms with van der Waals surface area (Å²) in [6.07, 6.45) is 3.14. The minimum Gasteiger partial charge on any atom is -0.456 e. The SMILES string of the molecule is CC/C(C)=C1/Oc2ccc(F)cc2-c2ccc3c(c21)C=C(C)C(C)(C)N3. The number of rotatable bonds is 1. The molecule has 2 aromatic rings. The predicted molar refractivity (Wildman–Crippen MR) is 107 cm³/mol. The van der Waals surface area contributed by atoms with E-state index in [9.17, 15) is 4.39 Å². The third kappa shape index (κ3) is 2.45. The molecule has 0 fully saturated rings. The lowest BCUT2D eigenvalue weighted by molar-refractivity contribution is 0.502. The van der Waals surface area contributed by atoms with Crippen molar-refractivity contribution in [2.75, 3.05) is 5.32 Å². The van der Waals surface area contributed by atoms with Crippen molar-refractivity contribution in [3.63, 3.8) is 0 Å². The molecule has 0 radical (unpaired) electrons. The summed E-state index contributed by atoms with van der Waals surface area (Å²) in [6, 6.07) is 8.91. The third-order valence-electron chi connectivity index (χ3n) is 5.63. The van der Waals surface area contributed by atoms with Crippen LogP contribution in [0.15, 0.2) is 41.5 Å². The Bertz CT molecular complexity index is 982. The summed E-state index contributed by atoms with van der Waals surface area (Å²) < 4.78 is 20.2. The molecule has 2 heterocycles. The molecule has 3 heteroatoms. The number of benzene rings is 2. The van der Waals surface area contributed by atoms with Crippen LogP contribution < -0.4 is 10.1 Å². The van der Waals surface area contributed by atoms with Gasteiger partial charge in [0.25, 0.3) is 0 Å². The van der Waals surface area contributed by atoms with Gasteiger partial charge in [-0.2, -0.15) is 0 Å². The molecule has 1 N–H and O–H groups in total. The topological polar surface area (TPSA) is 21.3 Å². The minimum atomic E-state index is -0.248. The number of halogens is 1. The van der Waals surface area contributed by atoms with Gasteiger partial charge in [0.05, 0.1) is 5.54 Å². The Morgan fingerprint density at radius 2 is 1.92 bits per heavy atom. The van der Waals surface area contributed by atoms with Crippen LogP contribution in [0.3, 0.4) is 0 Å². The van der Waals surface area contributed by atoms with Crippen LogP contribution in [0.2, 0.25) is 0 Å². The Labute approximate surface area is 154 Å². The van der Waals surface area contributed by atoms with Crippen molar-refractivity contribution in [1.29, 1.82) is 0 Å². The first-order valence-corrected chi connectivity index (χ1v) is 9.13. The lowest BCUT2D eigenvalue weighted by Gasteiger charge is -2.36. The molecule has 2 aromatic carbocycles. The van der Waals surface area contributed by atoms with Gasteiger partial charge in [0, 0.05) is 22.4 Å². The van der Waals surface area contributed by atoms with E-state index in [4.69, 9.17) is 4.74 Å². The van der Waals surface area contributed by atoms with E-state index >= 15 is 0 Å². The smallest absolute Gasteiger partial charge is 0.135 e. The van der Waals surface area contributed by atoms with Crippen molar-refractivity contribution >= 4 is 17.5 Å². The maximum atomic E-state index is 13.9. The van der Waals surface area contributed by atoms with Gasteiger partial charge in [-0.25, -0.2) is 4.39 Å². The van der Waals surface area contributed by atoms with Gasteiger partial charge in [-0.05, 0) is 75.1 Å². The van der Waals surface area contributed by atoms with Gasteiger partial charge >= 0.3 is 0 Å². The molecule has 0 saturated heterocycles. The van der Waals surface area contributed by atoms with E-state index in [1.54, 1.807) is 12.1 Å². The van der Waals surface area contributed by atoms with Gasteiger partial charge in [-0.1, -0.05) is 19.1 Å². The molecule has 2 nitrogen and oxygen atoms in total. The number of nitrogens with one attached hydrogen (secondary N) is 1. The second kappa shape index (κ2) is 5.73. The summed E-state index contributed by atoms with van der Waals surface area (Å²) in [4.78, 5) is 0. The molecule has 0 amide bonds. The molecule has 0 bridgehead atoms. The molecule has 0 spiro atoms. The maximum Gasteiger partial charge on any atom is 0.135 e. The van der Waals surface area contributed by atoms with Crippen molar-refractivity contribution in [3.05, 3.63) is 58.4 Å². The minimum absolute atomic E-state index is 0.0928. The zero-order chi connectivity index (χ0) is 18.6. The van der Waals surface area contributed by atoms with Crippen molar-refractivity contribution in [2.24, 2.45) is 0 Å². The largest absolute Gasteiger partial charge is 0.456 e. The second-order valence-electron chi connectivity index (χ2n) is 7.73. The summed E-state index contributed by atoms with van der Waals surface area (Å²) in [5.74, 6) is 1.36. The second-order valence-corrected chi connectivity index (χ2v) is 7.73. The van der Waals surface area contributed by atoms with Crippen LogP contribution in [0, 0.1) is 5.82 Å². The van der Waals surface area contributed by atoms with Crippen LogP contribution in [0.5, 0.6) is 5.75 Å². The quantitative estimate of drug-likeness (QED) is 0.623. The van der Waals surface area contributed by atoms with E-state index in [1.165, 1.54) is 17.2 Å². The summed E-state index contributed by atoms with van der Waals surface area (Å²) >= 11 is 0. The number of hydrogen-bond acceptors (Lipinski definition) is 2. The standard InChI is InChI=1S/C23H24FNO/c1-6-13(2)22-21-16(17-12-15(24)7-10-20(17)26-22)8-9-19-18(21)11-14(3)23(4,5)25-19/h7-12,25H,6H2,1-5H3/b22-13+. The number of fused-ring (bicyclic) bond motifs is 5. The zero-order valence-electron chi connectivity index (χ0n) is 16.0. The number of anilines is 1. The van der Waals surface area contributed by atoms with Crippen molar-refractivity contribution in [1.82, 2.24) is 0 Å². The van der Waals surface area contributed by atoms with Crippen LogP contribution in [0.4, 0.5) is 10.1 Å². The Morgan fingerprint density at radius 3 is 2.65 bits per heavy atom. The molecule has 4 rings (SSSR count). The molecule has 26 heavy (non-hydrogen) atoms. The van der Waals surface area contributed by atoms with E-state index in [0.29, 0.717) is 5.75 Å². The molecular weight excluding hydrogens is 325 g/mol. The van der Waals surface area contributed by atoms with E-state index in [-0.39, 0.29) is 11.4 Å². The highest BCUT2D eigenvalue weighted by Gasteiger charge is 2.31. The van der Waals surface area contributed by atoms with Gasteiger partial charge in [-0.3, -0.25) is 0 Å². The lowest BCUT2D eigenvalue weighted by Crippen LogP contribution is -2.35. The summed E-state index contributed by atoms with van der Waals surface area (Å²) in [5, 5.41) is 3.63. The van der Waals surface area contributed by atoms with E-state index in [0.717, 1.165) is 40.1 Å². The summed E-state index contributed by atoms with van der Waals surface area (Å²) in [6.45, 7) is 10.7. The molecule has 0 atom stereocenters. The maximum absolute atomic E-state index is 13.9. The number of ether oxygens (including phenoxy) is 1. The third-order valence-corrected chi connectivity index (χ3v) is 5.63. The molecule has 0 aliphatic carbocycles. The Morgan fingerprint density at radius 1 is 1.15 bits per heavy atom. The molecule has 0 aromatic heterocycles. The highest BCUT2D eigenvalue weighted by Crippen LogP contribution is 2.48. The molecule has 0 saturated carbocycles. The Hall–Kier alpha value is -2.55. The Kier molecular flexibility index (Phi) is 3.72. The summed E-state index contributed by atoms with van der Waals surface area (Å²) in [5.41, 5.74) is 7.46. The first-order valence-electron chi connectivity index (χ1n) is 9.13. The van der Waals surface area contributed by atoms with Crippen LogP contribution in [0.1, 0.15) is 52.2 Å². The van der Waals surface area contributed by atoms with E-state index < -0.39 is 0 Å². The van der Waals surface area contributed by atoms with Gasteiger partial charge in [-0.15, -0.1) is 0 Å². The monoisotopic (exact) mass is 349 g/mol. The van der Waals surface area contributed by atoms with Gasteiger partial charge in [0.2, 0.25) is 0 Å². The zero-order valence-corrected chi connectivity index (χ0v) is 16.0. The van der Waals surface area contributed by atoms with Gasteiger partial charge < -0.3 is 10.1 Å². The first kappa shape index (κ1) is 16.9. The highest BCUT2D eigenvalue weighted by molar-refractivity contribution is 5.95. The van der Waals surface area contributed by atoms with Gasteiger partial charge in [0.15, 0.2) is 0 Å². The molecule has 0 unspecified atom stereocenters. The Balaban J connectivity index is 2.07. The number of allylic oxidation sites excluding steroid dienone is 1. The van der Waals surface area contributed by atoms with Crippen LogP contribution in [-0.4, -0.2) is 5.54 Å². The van der Waals surface area contributed by atoms with Gasteiger partial charge in [0.1, 0.15) is 17.3 Å². The molecule has 2 aliphatic rings. The van der Waals surface area contributed by atoms with E-state index in [2.05, 4.69) is 58.1 Å². The summed E-state index contributed by atoms with van der Waals surface area (Å²) in [7, 11) is 0. The molecule has 134 valence electrons. The molecular formula is C23H24FNO. The van der Waals surface area contributed by atoms with Crippen molar-refractivity contribution in [2.45, 2.75) is 46.6 Å². The fraction of sp³-hybridized carbons (Fsp3) is 0.304. The average molecular weight is 349 g/mol. The van der Waals surface area contributed by atoms with Crippen molar-refractivity contribution < 1.29 is 9.13 Å². The van der Waals surface area contributed by atoms with Crippen LogP contribution in [0.25, 0.3) is 23.0 Å².